The van der Waals surface area contributed by atoms with Gasteiger partial charge in [0.2, 0.25) is 5.95 Å². The van der Waals surface area contributed by atoms with Gasteiger partial charge in [-0.15, -0.1) is 0 Å². The molecule has 13 heteroatoms. The van der Waals surface area contributed by atoms with Crippen LogP contribution < -0.4 is 22.5 Å². The Labute approximate surface area is 228 Å². The van der Waals surface area contributed by atoms with E-state index in [9.17, 15) is 13.2 Å². The van der Waals surface area contributed by atoms with Crippen molar-refractivity contribution < 1.29 is 13.2 Å². The number of nitrogens with two attached hydrogens (primary N) is 3. The molecular weight excluding hydrogens is 531 g/mol. The number of hydrogen-bond acceptors (Lipinski definition) is 7. The van der Waals surface area contributed by atoms with E-state index >= 15 is 0 Å². The number of para-hydroxylation sites is 1. The molecule has 9 nitrogen and oxygen atoms in total. The second kappa shape index (κ2) is 11.9. The second-order valence-corrected chi connectivity index (χ2v) is 9.32. The molecular formula is C26H29ClF3N9. The third-order valence-corrected chi connectivity index (χ3v) is 6.67. The zero-order valence-electron chi connectivity index (χ0n) is 21.2. The van der Waals surface area contributed by atoms with Crippen LogP contribution in [0.1, 0.15) is 43.4 Å². The highest BCUT2D eigenvalue weighted by Crippen LogP contribution is 2.38. The molecule has 3 aromatic heterocycles. The number of nitrogens with zero attached hydrogens (tertiary/aromatic N) is 5. The van der Waals surface area contributed by atoms with Crippen LogP contribution in [0.3, 0.4) is 0 Å². The van der Waals surface area contributed by atoms with Gasteiger partial charge in [-0.3, -0.25) is 0 Å². The molecule has 1 aromatic carbocycles. The Kier molecular flexibility index (Phi) is 8.56. The van der Waals surface area contributed by atoms with Gasteiger partial charge >= 0.3 is 6.18 Å². The fraction of sp³-hybridized carbons (Fsp3) is 0.308. The van der Waals surface area contributed by atoms with Crippen LogP contribution in [0.25, 0.3) is 16.6 Å². The minimum absolute atomic E-state index is 0.177. The molecule has 5 rings (SSSR count). The van der Waals surface area contributed by atoms with Crippen molar-refractivity contribution in [1.82, 2.24) is 19.6 Å². The molecule has 3 heterocycles. The SMILES string of the molecule is CN.NC(=Nc1ccccc1Cl)c1cnn2cc(-c3cnc(N)nc3C(F)(F)F)cc2c1NC1CCCCC1. The van der Waals surface area contributed by atoms with Crippen molar-refractivity contribution in [3.63, 3.8) is 0 Å². The fourth-order valence-corrected chi connectivity index (χ4v) is 4.73. The Morgan fingerprint density at radius 2 is 1.85 bits per heavy atom. The number of halogens is 4. The normalized spacial score (nSPS) is 14.7. The van der Waals surface area contributed by atoms with Crippen molar-refractivity contribution in [3.8, 4) is 11.1 Å². The van der Waals surface area contributed by atoms with Crippen LogP contribution in [0.5, 0.6) is 0 Å². The van der Waals surface area contributed by atoms with Crippen molar-refractivity contribution >= 4 is 40.3 Å². The van der Waals surface area contributed by atoms with Gasteiger partial charge in [0.15, 0.2) is 5.69 Å². The van der Waals surface area contributed by atoms with Crippen LogP contribution in [-0.4, -0.2) is 38.5 Å². The molecule has 0 aliphatic heterocycles. The van der Waals surface area contributed by atoms with E-state index in [1.807, 2.05) is 0 Å². The van der Waals surface area contributed by atoms with Gasteiger partial charge in [-0.25, -0.2) is 19.5 Å². The highest BCUT2D eigenvalue weighted by molar-refractivity contribution is 6.33. The summed E-state index contributed by atoms with van der Waals surface area (Å²) >= 11 is 6.27. The topological polar surface area (TPSA) is 146 Å². The van der Waals surface area contributed by atoms with Gasteiger partial charge < -0.3 is 22.5 Å². The molecule has 0 spiro atoms. The molecule has 0 amide bonds. The van der Waals surface area contributed by atoms with Crippen molar-refractivity contribution in [2.75, 3.05) is 18.1 Å². The molecule has 4 aromatic rings. The lowest BCUT2D eigenvalue weighted by atomic mass is 9.95. The summed E-state index contributed by atoms with van der Waals surface area (Å²) < 4.78 is 42.7. The van der Waals surface area contributed by atoms with Crippen molar-refractivity contribution in [1.29, 1.82) is 0 Å². The molecule has 0 atom stereocenters. The lowest BCUT2D eigenvalue weighted by Gasteiger charge is -2.25. The minimum Gasteiger partial charge on any atom is -0.383 e. The van der Waals surface area contributed by atoms with E-state index in [0.29, 0.717) is 27.5 Å². The monoisotopic (exact) mass is 559 g/mol. The predicted octanol–water partition coefficient (Wildman–Crippen LogP) is 5.40. The zero-order valence-corrected chi connectivity index (χ0v) is 22.0. The lowest BCUT2D eigenvalue weighted by molar-refractivity contribution is -0.140. The van der Waals surface area contributed by atoms with E-state index < -0.39 is 17.8 Å². The number of rotatable bonds is 5. The quantitative estimate of drug-likeness (QED) is 0.189. The predicted molar refractivity (Wildman–Crippen MR) is 148 cm³/mol. The number of nitrogens with one attached hydrogen (secondary N) is 1. The van der Waals surface area contributed by atoms with E-state index in [0.717, 1.165) is 31.9 Å². The number of benzene rings is 1. The van der Waals surface area contributed by atoms with E-state index in [1.54, 1.807) is 36.5 Å². The first kappa shape index (κ1) is 28.1. The Balaban J connectivity index is 0.00000172. The summed E-state index contributed by atoms with van der Waals surface area (Å²) in [4.78, 5) is 11.7. The fourth-order valence-electron chi connectivity index (χ4n) is 4.56. The summed E-state index contributed by atoms with van der Waals surface area (Å²) in [6.07, 6.45) is 4.66. The van der Waals surface area contributed by atoms with E-state index in [1.165, 1.54) is 24.2 Å². The molecule has 1 aliphatic carbocycles. The average molecular weight is 560 g/mol. The molecule has 1 aliphatic rings. The van der Waals surface area contributed by atoms with Gasteiger partial charge in [-0.05, 0) is 38.1 Å². The largest absolute Gasteiger partial charge is 0.434 e. The van der Waals surface area contributed by atoms with E-state index in [-0.39, 0.29) is 23.0 Å². The van der Waals surface area contributed by atoms with Crippen LogP contribution in [0.4, 0.5) is 30.5 Å². The number of amidine groups is 1. The van der Waals surface area contributed by atoms with Crippen LogP contribution in [0.2, 0.25) is 5.02 Å². The molecule has 7 N–H and O–H groups in total. The number of anilines is 2. The highest BCUT2D eigenvalue weighted by Gasteiger charge is 2.37. The average Bonchev–Trinajstić information content (AvgIpc) is 3.36. The molecule has 0 unspecified atom stereocenters. The first-order valence-corrected chi connectivity index (χ1v) is 12.7. The molecule has 39 heavy (non-hydrogen) atoms. The van der Waals surface area contributed by atoms with Gasteiger partial charge in [0.25, 0.3) is 0 Å². The van der Waals surface area contributed by atoms with Gasteiger partial charge in [0, 0.05) is 29.6 Å². The Morgan fingerprint density at radius 1 is 1.13 bits per heavy atom. The number of nitrogen functional groups attached to an aromatic ring is 1. The first-order valence-electron chi connectivity index (χ1n) is 12.4. The number of aliphatic imine (C=N–C) groups is 1. The Morgan fingerprint density at radius 3 is 2.54 bits per heavy atom. The summed E-state index contributed by atoms with van der Waals surface area (Å²) in [5.74, 6) is -0.278. The van der Waals surface area contributed by atoms with Crippen LogP contribution in [-0.2, 0) is 6.18 Å². The summed E-state index contributed by atoms with van der Waals surface area (Å²) in [5, 5.41) is 8.42. The third kappa shape index (κ3) is 6.23. The molecule has 0 bridgehead atoms. The number of alkyl halides is 3. The Bertz CT molecular complexity index is 1480. The van der Waals surface area contributed by atoms with Crippen molar-refractivity contribution in [2.24, 2.45) is 16.5 Å². The van der Waals surface area contributed by atoms with Crippen LogP contribution >= 0.6 is 11.6 Å². The maximum absolute atomic E-state index is 13.7. The third-order valence-electron chi connectivity index (χ3n) is 6.35. The van der Waals surface area contributed by atoms with Crippen LogP contribution in [0.15, 0.2) is 53.9 Å². The summed E-state index contributed by atoms with van der Waals surface area (Å²) in [6, 6.07) is 8.82. The Hall–Kier alpha value is -3.90. The molecule has 1 fully saturated rings. The van der Waals surface area contributed by atoms with Crippen molar-refractivity contribution in [3.05, 3.63) is 65.2 Å². The number of hydrogen-bond donors (Lipinski definition) is 4. The van der Waals surface area contributed by atoms with Gasteiger partial charge in [-0.2, -0.15) is 18.3 Å². The van der Waals surface area contributed by atoms with Gasteiger partial charge in [0.05, 0.1) is 33.7 Å². The van der Waals surface area contributed by atoms with E-state index in [4.69, 9.17) is 23.1 Å². The summed E-state index contributed by atoms with van der Waals surface area (Å²) in [6.45, 7) is 0. The second-order valence-electron chi connectivity index (χ2n) is 8.91. The van der Waals surface area contributed by atoms with Gasteiger partial charge in [0.1, 0.15) is 5.84 Å². The number of aromatic nitrogens is 4. The maximum Gasteiger partial charge on any atom is 0.434 e. The summed E-state index contributed by atoms with van der Waals surface area (Å²) in [7, 11) is 1.50. The smallest absolute Gasteiger partial charge is 0.383 e. The van der Waals surface area contributed by atoms with Gasteiger partial charge in [-0.1, -0.05) is 43.0 Å². The molecule has 1 saturated carbocycles. The maximum atomic E-state index is 13.7. The standard InChI is InChI=1S/C25H24ClF3N8.CH5N/c26-18-8-4-5-9-19(18)35-23(30)17-12-33-37-13-14(16-11-32-24(31)36-22(16)25(27,28)29)10-20(37)21(17)34-15-6-2-1-3-7-15;1-2/h4-5,8-13,15,34H,1-3,6-7H2,(H2,30,35)(H2,31,32,36);2H2,1H3. The lowest BCUT2D eigenvalue weighted by Crippen LogP contribution is -2.25. The van der Waals surface area contributed by atoms with Crippen molar-refractivity contribution in [2.45, 2.75) is 44.3 Å². The van der Waals surface area contributed by atoms with Crippen LogP contribution in [0, 0.1) is 0 Å². The first-order chi connectivity index (χ1) is 18.7. The molecule has 0 saturated heterocycles. The molecule has 206 valence electrons. The molecule has 0 radical (unpaired) electrons. The number of fused-ring (bicyclic) bond motifs is 1. The summed E-state index contributed by atoms with van der Waals surface area (Å²) in [5.41, 5.74) is 17.5. The zero-order chi connectivity index (χ0) is 28.2. The highest BCUT2D eigenvalue weighted by atomic mass is 35.5. The van der Waals surface area contributed by atoms with E-state index in [2.05, 4.69) is 31.1 Å². The minimum atomic E-state index is -4.71.